The van der Waals surface area contributed by atoms with E-state index in [-0.39, 0.29) is 17.9 Å². The van der Waals surface area contributed by atoms with Gasteiger partial charge in [0.15, 0.2) is 16.6 Å². The van der Waals surface area contributed by atoms with Gasteiger partial charge in [0.05, 0.1) is 23.8 Å². The van der Waals surface area contributed by atoms with E-state index in [9.17, 15) is 9.59 Å². The molecule has 11 heteroatoms. The van der Waals surface area contributed by atoms with Gasteiger partial charge in [-0.1, -0.05) is 73.2 Å². The van der Waals surface area contributed by atoms with Crippen molar-refractivity contribution < 1.29 is 19.1 Å². The number of carbonyl (C=O) groups excluding carboxylic acids is 2. The molecule has 3 heterocycles. The van der Waals surface area contributed by atoms with E-state index in [2.05, 4.69) is 34.5 Å². The van der Waals surface area contributed by atoms with Crippen molar-refractivity contribution in [3.05, 3.63) is 75.1 Å². The van der Waals surface area contributed by atoms with E-state index in [1.807, 2.05) is 30.3 Å². The fourth-order valence-corrected chi connectivity index (χ4v) is 8.65. The van der Waals surface area contributed by atoms with E-state index >= 15 is 0 Å². The Morgan fingerprint density at radius 3 is 2.72 bits per heavy atom. The summed E-state index contributed by atoms with van der Waals surface area (Å²) in [7, 11) is 1.64. The second-order valence-corrected chi connectivity index (χ2v) is 15.1. The van der Waals surface area contributed by atoms with Gasteiger partial charge in [-0.25, -0.2) is 4.98 Å². The Balaban J connectivity index is 0.924. The number of unbranched alkanes of at least 4 members (excludes halogenated alkanes) is 2. The zero-order chi connectivity index (χ0) is 32.6. The molecule has 0 bridgehead atoms. The number of thiocarbonyl (C=S) groups is 1. The van der Waals surface area contributed by atoms with Crippen molar-refractivity contribution in [3.63, 3.8) is 0 Å². The van der Waals surface area contributed by atoms with Crippen LogP contribution in [0.5, 0.6) is 11.5 Å². The first-order valence-electron chi connectivity index (χ1n) is 16.6. The highest BCUT2D eigenvalue weighted by Crippen LogP contribution is 2.36. The first-order chi connectivity index (χ1) is 22.9. The average Bonchev–Trinajstić information content (AvgIpc) is 3.60. The van der Waals surface area contributed by atoms with Gasteiger partial charge in [0.1, 0.15) is 4.32 Å². The normalized spacial score (nSPS) is 18.1. The van der Waals surface area contributed by atoms with Crippen molar-refractivity contribution in [3.8, 4) is 11.5 Å². The Kier molecular flexibility index (Phi) is 11.6. The lowest BCUT2D eigenvalue weighted by Gasteiger charge is -2.25. The van der Waals surface area contributed by atoms with Crippen LogP contribution in [0.15, 0.2) is 53.4 Å². The minimum atomic E-state index is -0.0747. The third-order valence-electron chi connectivity index (χ3n) is 8.80. The molecule has 0 unspecified atom stereocenters. The lowest BCUT2D eigenvalue weighted by atomic mass is 9.98. The van der Waals surface area contributed by atoms with E-state index < -0.39 is 0 Å². The predicted octanol–water partition coefficient (Wildman–Crippen LogP) is 7.82. The maximum Gasteiger partial charge on any atom is 0.266 e. The highest BCUT2D eigenvalue weighted by Gasteiger charge is 2.31. The number of benzene rings is 2. The molecule has 8 nitrogen and oxygen atoms in total. The summed E-state index contributed by atoms with van der Waals surface area (Å²) in [6.07, 6.45) is 11.6. The molecule has 0 atom stereocenters. The topological polar surface area (TPSA) is 84.0 Å². The fraction of sp³-hybridized carbons (Fsp3) is 0.444. The summed E-state index contributed by atoms with van der Waals surface area (Å²) in [5.74, 6) is 1.32. The van der Waals surface area contributed by atoms with Crippen LogP contribution in [0.4, 0.5) is 5.13 Å². The summed E-state index contributed by atoms with van der Waals surface area (Å²) in [6, 6.07) is 16.3. The van der Waals surface area contributed by atoms with Crippen LogP contribution >= 0.6 is 35.3 Å². The van der Waals surface area contributed by atoms with Crippen molar-refractivity contribution in [2.24, 2.45) is 0 Å². The van der Waals surface area contributed by atoms with Crippen LogP contribution in [0.3, 0.4) is 0 Å². The molecule has 6 rings (SSSR count). The molecule has 248 valence electrons. The number of ether oxygens (including phenoxy) is 2. The van der Waals surface area contributed by atoms with E-state index in [4.69, 9.17) is 26.7 Å². The quantitative estimate of drug-likeness (QED) is 0.110. The number of thioether (sulfide) groups is 1. The molecule has 1 aliphatic carbocycles. The van der Waals surface area contributed by atoms with Crippen LogP contribution in [-0.4, -0.2) is 57.2 Å². The van der Waals surface area contributed by atoms with Crippen molar-refractivity contribution >= 4 is 62.7 Å². The summed E-state index contributed by atoms with van der Waals surface area (Å²) in [6.45, 7) is 3.29. The molecule has 1 saturated carbocycles. The van der Waals surface area contributed by atoms with Crippen LogP contribution in [-0.2, 0) is 29.1 Å². The standard InChI is InChI=1S/C36H42N4O4S3/c1-43-30-21-26(16-17-29(30)44-27-13-7-3-8-14-27)22-31-34(42)40(36(45)47-31)19-10-4-9-15-33(41)38-35-37-28-18-20-39(24-32(28)46-35)23-25-11-5-2-6-12-25/h2,5-6,11-12,16-17,21-22,27H,3-4,7-10,13-15,18-20,23-24H2,1H3,(H,37,38,41)/b31-22-. The fourth-order valence-electron chi connectivity index (χ4n) is 6.27. The number of carbonyl (C=O) groups is 2. The van der Waals surface area contributed by atoms with Gasteiger partial charge in [0.25, 0.3) is 5.91 Å². The van der Waals surface area contributed by atoms with Gasteiger partial charge >= 0.3 is 0 Å². The minimum absolute atomic E-state index is 0.0172. The smallest absolute Gasteiger partial charge is 0.266 e. The van der Waals surface area contributed by atoms with Crippen molar-refractivity contribution in [1.29, 1.82) is 0 Å². The van der Waals surface area contributed by atoms with Gasteiger partial charge in [-0.3, -0.25) is 19.4 Å². The van der Waals surface area contributed by atoms with Gasteiger partial charge in [0.2, 0.25) is 5.91 Å². The molecular weight excluding hydrogens is 649 g/mol. The summed E-state index contributed by atoms with van der Waals surface area (Å²) < 4.78 is 12.4. The van der Waals surface area contributed by atoms with E-state index in [0.717, 1.165) is 75.2 Å². The van der Waals surface area contributed by atoms with Crippen molar-refractivity contribution in [2.45, 2.75) is 83.4 Å². The van der Waals surface area contributed by atoms with E-state index in [0.29, 0.717) is 33.1 Å². The Morgan fingerprint density at radius 2 is 1.91 bits per heavy atom. The number of aromatic nitrogens is 1. The number of nitrogens with one attached hydrogen (secondary N) is 1. The summed E-state index contributed by atoms with van der Waals surface area (Å²) >= 11 is 8.46. The second kappa shape index (κ2) is 16.2. The minimum Gasteiger partial charge on any atom is -0.493 e. The SMILES string of the molecule is COc1cc(/C=C2\SC(=S)N(CCCCCC(=O)Nc3nc4c(s3)CN(Cc3ccccc3)CC4)C2=O)ccc1OC1CCCCC1. The Bertz CT molecular complexity index is 1600. The third-order valence-corrected chi connectivity index (χ3v) is 11.2. The van der Waals surface area contributed by atoms with Crippen LogP contribution in [0, 0.1) is 0 Å². The maximum absolute atomic E-state index is 13.2. The Labute approximate surface area is 290 Å². The molecule has 47 heavy (non-hydrogen) atoms. The number of methoxy groups -OCH3 is 1. The van der Waals surface area contributed by atoms with Crippen LogP contribution < -0.4 is 14.8 Å². The van der Waals surface area contributed by atoms with Crippen LogP contribution in [0.1, 0.15) is 79.5 Å². The molecule has 2 amide bonds. The zero-order valence-corrected chi connectivity index (χ0v) is 29.3. The number of rotatable bonds is 13. The van der Waals surface area contributed by atoms with Gasteiger partial charge in [-0.2, -0.15) is 0 Å². The van der Waals surface area contributed by atoms with E-state index in [1.165, 1.54) is 41.5 Å². The molecule has 2 fully saturated rings. The monoisotopic (exact) mass is 690 g/mol. The summed E-state index contributed by atoms with van der Waals surface area (Å²) in [4.78, 5) is 36.5. The maximum atomic E-state index is 13.2. The second-order valence-electron chi connectivity index (χ2n) is 12.3. The van der Waals surface area contributed by atoms with Crippen LogP contribution in [0.25, 0.3) is 6.08 Å². The number of thiazole rings is 1. The van der Waals surface area contributed by atoms with Gasteiger partial charge < -0.3 is 14.8 Å². The number of nitrogens with zero attached hydrogens (tertiary/aromatic N) is 3. The first kappa shape index (κ1) is 33.6. The van der Waals surface area contributed by atoms with Crippen molar-refractivity contribution in [1.82, 2.24) is 14.8 Å². The molecule has 3 aromatic rings. The molecule has 1 saturated heterocycles. The largest absolute Gasteiger partial charge is 0.493 e. The van der Waals surface area contributed by atoms with Crippen LogP contribution in [0.2, 0.25) is 0 Å². The zero-order valence-electron chi connectivity index (χ0n) is 26.9. The number of hydrogen-bond acceptors (Lipinski definition) is 9. The molecule has 0 radical (unpaired) electrons. The Hall–Kier alpha value is -3.25. The highest BCUT2D eigenvalue weighted by molar-refractivity contribution is 8.26. The molecule has 0 spiro atoms. The van der Waals surface area contributed by atoms with Gasteiger partial charge in [-0.15, -0.1) is 11.3 Å². The molecule has 3 aliphatic rings. The number of amides is 2. The lowest BCUT2D eigenvalue weighted by molar-refractivity contribution is -0.122. The number of anilines is 1. The van der Waals surface area contributed by atoms with Crippen molar-refractivity contribution in [2.75, 3.05) is 25.5 Å². The van der Waals surface area contributed by atoms with Gasteiger partial charge in [-0.05, 0) is 67.9 Å². The predicted molar refractivity (Wildman–Crippen MR) is 194 cm³/mol. The average molecular weight is 691 g/mol. The highest BCUT2D eigenvalue weighted by atomic mass is 32.2. The third kappa shape index (κ3) is 9.01. The summed E-state index contributed by atoms with van der Waals surface area (Å²) in [5.41, 5.74) is 3.28. The number of hydrogen-bond donors (Lipinski definition) is 1. The molecule has 1 N–H and O–H groups in total. The summed E-state index contributed by atoms with van der Waals surface area (Å²) in [5, 5.41) is 3.70. The number of fused-ring (bicyclic) bond motifs is 1. The lowest BCUT2D eigenvalue weighted by Crippen LogP contribution is -2.29. The van der Waals surface area contributed by atoms with E-state index in [1.54, 1.807) is 23.3 Å². The van der Waals surface area contributed by atoms with Gasteiger partial charge in [0, 0.05) is 43.9 Å². The Morgan fingerprint density at radius 1 is 1.09 bits per heavy atom. The molecular formula is C36H42N4O4S3. The molecule has 1 aromatic heterocycles. The molecule has 2 aliphatic heterocycles. The first-order valence-corrected chi connectivity index (χ1v) is 18.6. The molecule has 2 aromatic carbocycles.